The van der Waals surface area contributed by atoms with E-state index in [1.54, 1.807) is 24.3 Å². The number of aromatic nitrogens is 2. The van der Waals surface area contributed by atoms with Crippen molar-refractivity contribution < 1.29 is 9.53 Å². The molecule has 196 valence electrons. The Morgan fingerprint density at radius 1 is 1.14 bits per heavy atom. The second-order valence-corrected chi connectivity index (χ2v) is 9.99. The first-order valence-corrected chi connectivity index (χ1v) is 12.8. The third kappa shape index (κ3) is 6.61. The lowest BCUT2D eigenvalue weighted by atomic mass is 10.0. The Kier molecular flexibility index (Phi) is 8.35. The number of anilines is 5. The van der Waals surface area contributed by atoms with Gasteiger partial charge in [-0.15, -0.1) is 0 Å². The van der Waals surface area contributed by atoms with Crippen molar-refractivity contribution in [2.75, 3.05) is 42.7 Å². The number of ether oxygens (including phenoxy) is 1. The predicted octanol–water partition coefficient (Wildman–Crippen LogP) is 5.03. The standard InChI is InChI=1S/C27H34ClN7O2/c1-17(2)37-24-15-19(35-13-11-18(12-14-35)34(3)4)9-10-23(24)32-27-30-16-21(28)26(33-27)31-22-8-6-5-7-20(22)25(29)36/h5-10,15-18H,11-14H2,1-4H3,(H2,29,36)(H2,30,31,32,33). The maximum atomic E-state index is 11.8. The third-order valence-electron chi connectivity index (χ3n) is 6.32. The lowest BCUT2D eigenvalue weighted by Crippen LogP contribution is -2.42. The molecule has 0 atom stereocenters. The summed E-state index contributed by atoms with van der Waals surface area (Å²) in [6.07, 6.45) is 3.74. The highest BCUT2D eigenvalue weighted by molar-refractivity contribution is 6.33. The van der Waals surface area contributed by atoms with Crippen molar-refractivity contribution in [1.29, 1.82) is 0 Å². The normalized spacial score (nSPS) is 14.2. The van der Waals surface area contributed by atoms with Gasteiger partial charge in [-0.1, -0.05) is 23.7 Å². The molecule has 0 aliphatic carbocycles. The fraction of sp³-hybridized carbons (Fsp3) is 0.370. The molecule has 0 radical (unpaired) electrons. The number of amides is 1. The number of primary amides is 1. The zero-order chi connectivity index (χ0) is 26.5. The Labute approximate surface area is 223 Å². The van der Waals surface area contributed by atoms with Crippen molar-refractivity contribution in [2.24, 2.45) is 5.73 Å². The van der Waals surface area contributed by atoms with Crippen molar-refractivity contribution in [3.63, 3.8) is 0 Å². The number of hydrogen-bond acceptors (Lipinski definition) is 8. The van der Waals surface area contributed by atoms with Gasteiger partial charge in [0, 0.05) is 30.9 Å². The molecule has 0 spiro atoms. The summed E-state index contributed by atoms with van der Waals surface area (Å²) in [6, 6.07) is 13.7. The van der Waals surface area contributed by atoms with Gasteiger partial charge in [0.15, 0.2) is 5.82 Å². The molecule has 10 heteroatoms. The SMILES string of the molecule is CC(C)Oc1cc(N2CCC(N(C)C)CC2)ccc1Nc1ncc(Cl)c(Nc2ccccc2C(N)=O)n1. The number of benzene rings is 2. The van der Waals surface area contributed by atoms with Gasteiger partial charge >= 0.3 is 0 Å². The number of piperidine rings is 1. The summed E-state index contributed by atoms with van der Waals surface area (Å²) in [7, 11) is 4.29. The highest BCUT2D eigenvalue weighted by atomic mass is 35.5. The number of halogens is 1. The predicted molar refractivity (Wildman–Crippen MR) is 150 cm³/mol. The molecule has 1 fully saturated rings. The molecule has 0 saturated carbocycles. The smallest absolute Gasteiger partial charge is 0.250 e. The zero-order valence-corrected chi connectivity index (χ0v) is 22.4. The van der Waals surface area contributed by atoms with Gasteiger partial charge in [0.05, 0.1) is 29.2 Å². The molecule has 2 aromatic carbocycles. The topological polar surface area (TPSA) is 109 Å². The van der Waals surface area contributed by atoms with Crippen molar-refractivity contribution in [1.82, 2.24) is 14.9 Å². The van der Waals surface area contributed by atoms with E-state index in [1.807, 2.05) is 19.9 Å². The summed E-state index contributed by atoms with van der Waals surface area (Å²) in [5.41, 5.74) is 8.22. The number of carbonyl (C=O) groups excluding carboxylic acids is 1. The molecule has 3 aromatic rings. The molecule has 4 rings (SSSR count). The van der Waals surface area contributed by atoms with E-state index in [9.17, 15) is 4.79 Å². The highest BCUT2D eigenvalue weighted by Gasteiger charge is 2.22. The minimum absolute atomic E-state index is 0.0102. The number of nitrogens with one attached hydrogen (secondary N) is 2. The summed E-state index contributed by atoms with van der Waals surface area (Å²) < 4.78 is 6.15. The van der Waals surface area contributed by atoms with E-state index in [0.29, 0.717) is 34.1 Å². The molecule has 1 amide bonds. The summed E-state index contributed by atoms with van der Waals surface area (Å²) in [5.74, 6) is 0.846. The van der Waals surface area contributed by atoms with Crippen molar-refractivity contribution in [3.8, 4) is 5.75 Å². The first kappa shape index (κ1) is 26.5. The summed E-state index contributed by atoms with van der Waals surface area (Å²) in [6.45, 7) is 5.99. The molecule has 1 aliphatic rings. The van der Waals surface area contributed by atoms with Crippen LogP contribution in [0.1, 0.15) is 37.0 Å². The third-order valence-corrected chi connectivity index (χ3v) is 6.60. The number of para-hydroxylation sites is 1. The number of carbonyl (C=O) groups is 1. The molecule has 1 aliphatic heterocycles. The van der Waals surface area contributed by atoms with Crippen LogP contribution in [0.25, 0.3) is 0 Å². The van der Waals surface area contributed by atoms with Crippen LogP contribution >= 0.6 is 11.6 Å². The van der Waals surface area contributed by atoms with Crippen LogP contribution in [0.5, 0.6) is 5.75 Å². The minimum Gasteiger partial charge on any atom is -0.489 e. The van der Waals surface area contributed by atoms with E-state index >= 15 is 0 Å². The van der Waals surface area contributed by atoms with Crippen LogP contribution < -0.4 is 26.0 Å². The first-order valence-electron chi connectivity index (χ1n) is 12.4. The Hall–Kier alpha value is -3.56. The first-order chi connectivity index (χ1) is 17.7. The molecular formula is C27H34ClN7O2. The van der Waals surface area contributed by atoms with Crippen molar-refractivity contribution in [3.05, 3.63) is 59.2 Å². The molecule has 1 saturated heterocycles. The fourth-order valence-electron chi connectivity index (χ4n) is 4.37. The second-order valence-electron chi connectivity index (χ2n) is 9.58. The van der Waals surface area contributed by atoms with Crippen LogP contribution in [0.15, 0.2) is 48.7 Å². The van der Waals surface area contributed by atoms with E-state index in [-0.39, 0.29) is 6.10 Å². The van der Waals surface area contributed by atoms with Gasteiger partial charge in [-0.25, -0.2) is 4.98 Å². The molecule has 9 nitrogen and oxygen atoms in total. The second kappa shape index (κ2) is 11.7. The molecule has 2 heterocycles. The average Bonchev–Trinajstić information content (AvgIpc) is 2.87. The molecule has 4 N–H and O–H groups in total. The fourth-order valence-corrected chi connectivity index (χ4v) is 4.51. The van der Waals surface area contributed by atoms with Gasteiger partial charge in [0.25, 0.3) is 5.91 Å². The van der Waals surface area contributed by atoms with E-state index in [2.05, 4.69) is 56.6 Å². The van der Waals surface area contributed by atoms with Crippen LogP contribution in [0, 0.1) is 0 Å². The summed E-state index contributed by atoms with van der Waals surface area (Å²) >= 11 is 6.35. The van der Waals surface area contributed by atoms with E-state index < -0.39 is 5.91 Å². The number of hydrogen-bond donors (Lipinski definition) is 3. The molecule has 37 heavy (non-hydrogen) atoms. The van der Waals surface area contributed by atoms with Crippen molar-refractivity contribution >= 4 is 46.3 Å². The zero-order valence-electron chi connectivity index (χ0n) is 21.7. The van der Waals surface area contributed by atoms with Crippen LogP contribution in [-0.4, -0.2) is 60.1 Å². The number of nitrogens with zero attached hydrogens (tertiary/aromatic N) is 4. The molecular weight excluding hydrogens is 490 g/mol. The summed E-state index contributed by atoms with van der Waals surface area (Å²) in [4.78, 5) is 25.4. The molecule has 0 bridgehead atoms. The Morgan fingerprint density at radius 2 is 1.86 bits per heavy atom. The lowest BCUT2D eigenvalue weighted by Gasteiger charge is -2.36. The molecule has 0 unspecified atom stereocenters. The van der Waals surface area contributed by atoms with Crippen LogP contribution in [0.2, 0.25) is 5.02 Å². The van der Waals surface area contributed by atoms with Gasteiger partial charge in [-0.2, -0.15) is 4.98 Å². The average molecular weight is 524 g/mol. The summed E-state index contributed by atoms with van der Waals surface area (Å²) in [5, 5.41) is 6.66. The van der Waals surface area contributed by atoms with Crippen molar-refractivity contribution in [2.45, 2.75) is 38.8 Å². The van der Waals surface area contributed by atoms with Gasteiger partial charge < -0.3 is 30.9 Å². The van der Waals surface area contributed by atoms with Gasteiger partial charge in [0.2, 0.25) is 5.95 Å². The Balaban J connectivity index is 1.56. The monoisotopic (exact) mass is 523 g/mol. The van der Waals surface area contributed by atoms with Crippen LogP contribution in [0.4, 0.5) is 28.8 Å². The number of nitrogens with two attached hydrogens (primary N) is 1. The van der Waals surface area contributed by atoms with Gasteiger partial charge in [-0.3, -0.25) is 4.79 Å². The maximum absolute atomic E-state index is 11.8. The number of rotatable bonds is 9. The quantitative estimate of drug-likeness (QED) is 0.358. The lowest BCUT2D eigenvalue weighted by molar-refractivity contribution is 0.100. The van der Waals surface area contributed by atoms with Gasteiger partial charge in [0.1, 0.15) is 10.8 Å². The van der Waals surface area contributed by atoms with Crippen LogP contribution in [0.3, 0.4) is 0 Å². The Bertz CT molecular complexity index is 1240. The molecule has 1 aromatic heterocycles. The largest absolute Gasteiger partial charge is 0.489 e. The Morgan fingerprint density at radius 3 is 2.54 bits per heavy atom. The van der Waals surface area contributed by atoms with E-state index in [0.717, 1.165) is 43.1 Å². The van der Waals surface area contributed by atoms with Gasteiger partial charge in [-0.05, 0) is 65.0 Å². The minimum atomic E-state index is -0.548. The highest BCUT2D eigenvalue weighted by Crippen LogP contribution is 2.34. The van der Waals surface area contributed by atoms with E-state index in [4.69, 9.17) is 22.1 Å². The maximum Gasteiger partial charge on any atom is 0.250 e. The van der Waals surface area contributed by atoms with E-state index in [1.165, 1.54) is 6.20 Å². The van der Waals surface area contributed by atoms with Crippen LogP contribution in [-0.2, 0) is 0 Å².